The number of piperidine rings is 1. The largest absolute Gasteiger partial charge is 0.389 e. The van der Waals surface area contributed by atoms with Crippen LogP contribution in [0.15, 0.2) is 18.2 Å². The summed E-state index contributed by atoms with van der Waals surface area (Å²) >= 11 is 0. The molecular weight excluding hydrogens is 267 g/mol. The molecule has 1 aromatic rings. The average molecular weight is 292 g/mol. The lowest BCUT2D eigenvalue weighted by Gasteiger charge is -2.32. The summed E-state index contributed by atoms with van der Waals surface area (Å²) < 4.78 is 14.3. The number of likely N-dealkylation sites (tertiary alicyclic amines) is 1. The second-order valence-corrected chi connectivity index (χ2v) is 6.34. The van der Waals surface area contributed by atoms with Crippen LogP contribution < -0.4 is 4.90 Å². The third-order valence-corrected chi connectivity index (χ3v) is 4.85. The molecule has 0 bridgehead atoms. The number of anilines is 1. The van der Waals surface area contributed by atoms with E-state index in [0.717, 1.165) is 19.5 Å². The normalized spacial score (nSPS) is 25.3. The maximum Gasteiger partial charge on any atom is 0.146 e. The molecule has 1 aromatic carbocycles. The van der Waals surface area contributed by atoms with Crippen molar-refractivity contribution in [2.45, 2.75) is 44.8 Å². The number of halogens is 1. The number of benzene rings is 1. The van der Waals surface area contributed by atoms with Gasteiger partial charge in [0.1, 0.15) is 5.82 Å². The molecule has 2 aliphatic heterocycles. The second kappa shape index (κ2) is 6.32. The van der Waals surface area contributed by atoms with Crippen LogP contribution in [-0.4, -0.2) is 42.2 Å². The molecule has 0 amide bonds. The Bertz CT molecular complexity index is 486. The Morgan fingerprint density at radius 2 is 1.95 bits per heavy atom. The quantitative estimate of drug-likeness (QED) is 0.928. The van der Waals surface area contributed by atoms with Crippen molar-refractivity contribution in [2.24, 2.45) is 0 Å². The molecule has 2 aliphatic rings. The highest BCUT2D eigenvalue weighted by Gasteiger charge is 2.31. The predicted octanol–water partition coefficient (Wildman–Crippen LogP) is 2.94. The maximum atomic E-state index is 14.3. The fraction of sp³-hybridized carbons (Fsp3) is 0.647. The number of aliphatic hydroxyl groups excluding tert-OH is 1. The van der Waals surface area contributed by atoms with Gasteiger partial charge in [0.2, 0.25) is 0 Å². The molecule has 1 unspecified atom stereocenters. The fourth-order valence-corrected chi connectivity index (χ4v) is 3.73. The first-order valence-corrected chi connectivity index (χ1v) is 8.12. The van der Waals surface area contributed by atoms with E-state index < -0.39 is 6.10 Å². The van der Waals surface area contributed by atoms with Gasteiger partial charge in [-0.3, -0.25) is 4.90 Å². The summed E-state index contributed by atoms with van der Waals surface area (Å²) in [6, 6.07) is 5.54. The van der Waals surface area contributed by atoms with Gasteiger partial charge in [-0.1, -0.05) is 18.6 Å². The molecule has 3 nitrogen and oxygen atoms in total. The SMILES string of the molecule is C[C@@H](O)c1cccc(F)c1N1CCC(N2CCCCC2)C1. The molecule has 0 radical (unpaired) electrons. The zero-order valence-electron chi connectivity index (χ0n) is 12.8. The summed E-state index contributed by atoms with van der Waals surface area (Å²) in [4.78, 5) is 4.68. The van der Waals surface area contributed by atoms with Crippen LogP contribution in [0.5, 0.6) is 0 Å². The van der Waals surface area contributed by atoms with Crippen LogP contribution in [0, 0.1) is 5.82 Å². The van der Waals surface area contributed by atoms with Gasteiger partial charge in [-0.25, -0.2) is 4.39 Å². The standard InChI is InChI=1S/C17H25FN2O/c1-13(21)15-6-5-7-16(18)17(15)20-11-8-14(12-20)19-9-3-2-4-10-19/h5-7,13-14,21H,2-4,8-12H2,1H3/t13-,14?/m1/s1. The Morgan fingerprint density at radius 3 is 2.67 bits per heavy atom. The summed E-state index contributed by atoms with van der Waals surface area (Å²) in [5, 5.41) is 9.90. The zero-order chi connectivity index (χ0) is 14.8. The van der Waals surface area contributed by atoms with E-state index in [4.69, 9.17) is 0 Å². The highest BCUT2D eigenvalue weighted by Crippen LogP contribution is 2.33. The molecule has 0 saturated carbocycles. The average Bonchev–Trinajstić information content (AvgIpc) is 2.97. The smallest absolute Gasteiger partial charge is 0.146 e. The second-order valence-electron chi connectivity index (χ2n) is 6.34. The van der Waals surface area contributed by atoms with Gasteiger partial charge < -0.3 is 10.0 Å². The Kier molecular flexibility index (Phi) is 4.45. The molecule has 21 heavy (non-hydrogen) atoms. The van der Waals surface area contributed by atoms with E-state index in [1.165, 1.54) is 38.4 Å². The van der Waals surface area contributed by atoms with Crippen molar-refractivity contribution in [3.63, 3.8) is 0 Å². The first-order valence-electron chi connectivity index (χ1n) is 8.12. The molecule has 1 N–H and O–H groups in total. The summed E-state index contributed by atoms with van der Waals surface area (Å²) in [6.45, 7) is 5.82. The predicted molar refractivity (Wildman–Crippen MR) is 83.1 cm³/mol. The van der Waals surface area contributed by atoms with Gasteiger partial charge in [-0.2, -0.15) is 0 Å². The minimum Gasteiger partial charge on any atom is -0.389 e. The molecule has 0 spiro atoms. The molecule has 116 valence electrons. The van der Waals surface area contributed by atoms with Crippen molar-refractivity contribution in [3.8, 4) is 0 Å². The highest BCUT2D eigenvalue weighted by atomic mass is 19.1. The topological polar surface area (TPSA) is 26.7 Å². The number of para-hydroxylation sites is 1. The van der Waals surface area contributed by atoms with E-state index >= 15 is 0 Å². The lowest BCUT2D eigenvalue weighted by atomic mass is 10.1. The van der Waals surface area contributed by atoms with Gasteiger partial charge >= 0.3 is 0 Å². The van der Waals surface area contributed by atoms with Gasteiger partial charge in [0.15, 0.2) is 0 Å². The summed E-state index contributed by atoms with van der Waals surface area (Å²) in [7, 11) is 0. The number of aliphatic hydroxyl groups is 1. The minimum atomic E-state index is -0.635. The lowest BCUT2D eigenvalue weighted by molar-refractivity contribution is 0.174. The summed E-state index contributed by atoms with van der Waals surface area (Å²) in [5.74, 6) is -0.215. The van der Waals surface area contributed by atoms with Crippen molar-refractivity contribution in [1.82, 2.24) is 4.90 Å². The van der Waals surface area contributed by atoms with Gasteiger partial charge in [0, 0.05) is 24.7 Å². The molecule has 2 atom stereocenters. The van der Waals surface area contributed by atoms with Gasteiger partial charge in [0.05, 0.1) is 11.8 Å². The molecule has 0 aliphatic carbocycles. The monoisotopic (exact) mass is 292 g/mol. The zero-order valence-corrected chi connectivity index (χ0v) is 12.8. The third kappa shape index (κ3) is 3.06. The van der Waals surface area contributed by atoms with Crippen LogP contribution >= 0.6 is 0 Å². The molecular formula is C17H25FN2O. The Labute approximate surface area is 126 Å². The van der Waals surface area contributed by atoms with E-state index in [1.807, 2.05) is 6.07 Å². The number of hydrogen-bond donors (Lipinski definition) is 1. The molecule has 2 heterocycles. The number of nitrogens with zero attached hydrogens (tertiary/aromatic N) is 2. The van der Waals surface area contributed by atoms with Crippen LogP contribution in [0.2, 0.25) is 0 Å². The minimum absolute atomic E-state index is 0.215. The van der Waals surface area contributed by atoms with Gasteiger partial charge in [-0.15, -0.1) is 0 Å². The van der Waals surface area contributed by atoms with Gasteiger partial charge in [0.25, 0.3) is 0 Å². The van der Waals surface area contributed by atoms with Crippen LogP contribution in [0.3, 0.4) is 0 Å². The molecule has 4 heteroatoms. The van der Waals surface area contributed by atoms with Crippen LogP contribution in [0.25, 0.3) is 0 Å². The number of rotatable bonds is 3. The van der Waals surface area contributed by atoms with Crippen molar-refractivity contribution >= 4 is 5.69 Å². The van der Waals surface area contributed by atoms with E-state index in [-0.39, 0.29) is 5.82 Å². The molecule has 2 fully saturated rings. The van der Waals surface area contributed by atoms with Crippen molar-refractivity contribution < 1.29 is 9.50 Å². The van der Waals surface area contributed by atoms with Crippen LogP contribution in [0.1, 0.15) is 44.3 Å². The van der Waals surface area contributed by atoms with E-state index in [0.29, 0.717) is 17.3 Å². The van der Waals surface area contributed by atoms with Crippen molar-refractivity contribution in [2.75, 3.05) is 31.1 Å². The van der Waals surface area contributed by atoms with E-state index in [2.05, 4.69) is 9.80 Å². The summed E-state index contributed by atoms with van der Waals surface area (Å²) in [5.41, 5.74) is 1.31. The van der Waals surface area contributed by atoms with E-state index in [9.17, 15) is 9.50 Å². The highest BCUT2D eigenvalue weighted by molar-refractivity contribution is 5.56. The van der Waals surface area contributed by atoms with Crippen LogP contribution in [0.4, 0.5) is 10.1 Å². The van der Waals surface area contributed by atoms with Gasteiger partial charge in [-0.05, 0) is 45.3 Å². The maximum absolute atomic E-state index is 14.3. The van der Waals surface area contributed by atoms with Crippen molar-refractivity contribution in [3.05, 3.63) is 29.6 Å². The molecule has 0 aromatic heterocycles. The first-order chi connectivity index (χ1) is 10.2. The Hall–Kier alpha value is -1.13. The molecule has 3 rings (SSSR count). The van der Waals surface area contributed by atoms with Crippen LogP contribution in [-0.2, 0) is 0 Å². The lowest BCUT2D eigenvalue weighted by Crippen LogP contribution is -2.41. The third-order valence-electron chi connectivity index (χ3n) is 4.85. The summed E-state index contributed by atoms with van der Waals surface area (Å²) in [6.07, 6.45) is 4.37. The Balaban J connectivity index is 1.77. The molecule has 2 saturated heterocycles. The van der Waals surface area contributed by atoms with E-state index in [1.54, 1.807) is 13.0 Å². The number of hydrogen-bond acceptors (Lipinski definition) is 3. The van der Waals surface area contributed by atoms with Crippen molar-refractivity contribution in [1.29, 1.82) is 0 Å². The fourth-order valence-electron chi connectivity index (χ4n) is 3.73. The first kappa shape index (κ1) is 14.8. The Morgan fingerprint density at radius 1 is 1.19 bits per heavy atom.